The first-order chi connectivity index (χ1) is 12.6. The van der Waals surface area contributed by atoms with Crippen molar-refractivity contribution in [1.82, 2.24) is 10.2 Å². The Bertz CT molecular complexity index is 855. The number of amides is 1. The fourth-order valence-electron chi connectivity index (χ4n) is 2.29. The van der Waals surface area contributed by atoms with Crippen molar-refractivity contribution in [2.45, 2.75) is 17.7 Å². The van der Waals surface area contributed by atoms with Crippen molar-refractivity contribution in [2.75, 3.05) is 11.1 Å². The van der Waals surface area contributed by atoms with E-state index >= 15 is 0 Å². The van der Waals surface area contributed by atoms with Crippen LogP contribution in [0.2, 0.25) is 0 Å². The zero-order chi connectivity index (χ0) is 18.4. The summed E-state index contributed by atoms with van der Waals surface area (Å²) in [6.07, 6.45) is 0.719. The van der Waals surface area contributed by atoms with Crippen molar-refractivity contribution in [3.8, 4) is 0 Å². The number of carbonyl (C=O) groups excluding carboxylic acids is 1. The van der Waals surface area contributed by atoms with Crippen molar-refractivity contribution in [3.05, 3.63) is 70.5 Å². The summed E-state index contributed by atoms with van der Waals surface area (Å²) in [4.78, 5) is 12.0. The number of aromatic nitrogens is 2. The monoisotopic (exact) mass is 433 g/mol. The van der Waals surface area contributed by atoms with Crippen LogP contribution in [0.25, 0.3) is 0 Å². The molecule has 6 nitrogen and oxygen atoms in total. The third-order valence-corrected chi connectivity index (χ3v) is 4.90. The molecular formula is C18H18BrN4O2S+. The fraction of sp³-hybridized carbons (Fsp3) is 0.167. The Morgan fingerprint density at radius 1 is 1.15 bits per heavy atom. The summed E-state index contributed by atoms with van der Waals surface area (Å²) in [6.45, 7) is 0. The van der Waals surface area contributed by atoms with Crippen LogP contribution >= 0.6 is 27.7 Å². The number of thioether (sulfide) groups is 1. The van der Waals surface area contributed by atoms with E-state index in [1.54, 1.807) is 0 Å². The van der Waals surface area contributed by atoms with E-state index in [1.165, 1.54) is 11.8 Å². The predicted molar refractivity (Wildman–Crippen MR) is 104 cm³/mol. The minimum atomic E-state index is -0.132. The number of rotatable bonds is 7. The zero-order valence-electron chi connectivity index (χ0n) is 13.9. The highest BCUT2D eigenvalue weighted by Gasteiger charge is 2.19. The minimum Gasteiger partial charge on any atom is -0.410 e. The lowest BCUT2D eigenvalue weighted by Gasteiger charge is -2.04. The van der Waals surface area contributed by atoms with Gasteiger partial charge in [-0.2, -0.15) is 0 Å². The van der Waals surface area contributed by atoms with E-state index in [0.717, 1.165) is 22.1 Å². The fourth-order valence-corrected chi connectivity index (χ4v) is 3.12. The minimum absolute atomic E-state index is 0.129. The Morgan fingerprint density at radius 2 is 1.88 bits per heavy atom. The van der Waals surface area contributed by atoms with Crippen LogP contribution in [0.15, 0.2) is 68.7 Å². The molecule has 3 rings (SSSR count). The molecular weight excluding hydrogens is 416 g/mol. The molecule has 1 heterocycles. The van der Waals surface area contributed by atoms with Gasteiger partial charge in [0.2, 0.25) is 5.91 Å². The van der Waals surface area contributed by atoms with Gasteiger partial charge in [0.1, 0.15) is 0 Å². The van der Waals surface area contributed by atoms with Crippen LogP contribution < -0.4 is 11.1 Å². The van der Waals surface area contributed by atoms with Gasteiger partial charge in [0, 0.05) is 16.6 Å². The molecule has 0 unspecified atom stereocenters. The molecule has 2 aromatic carbocycles. The normalized spacial score (nSPS) is 11.9. The summed E-state index contributed by atoms with van der Waals surface area (Å²) in [5.74, 6) is 0.537. The summed E-state index contributed by atoms with van der Waals surface area (Å²) in [7, 11) is 0. The zero-order valence-corrected chi connectivity index (χ0v) is 16.3. The van der Waals surface area contributed by atoms with Gasteiger partial charge in [0.05, 0.1) is 5.75 Å². The van der Waals surface area contributed by atoms with Crippen LogP contribution in [0.5, 0.6) is 0 Å². The summed E-state index contributed by atoms with van der Waals surface area (Å²) < 4.78 is 6.59. The van der Waals surface area contributed by atoms with Gasteiger partial charge < -0.3 is 15.5 Å². The quantitative estimate of drug-likeness (QED) is 0.558. The summed E-state index contributed by atoms with van der Waals surface area (Å²) in [5, 5.41) is 11.2. The first-order valence-electron chi connectivity index (χ1n) is 7.99. The first kappa shape index (κ1) is 18.6. The van der Waals surface area contributed by atoms with Crippen molar-refractivity contribution in [1.29, 1.82) is 0 Å². The molecule has 26 heavy (non-hydrogen) atoms. The van der Waals surface area contributed by atoms with Crippen LogP contribution in [0.3, 0.4) is 0 Å². The van der Waals surface area contributed by atoms with Crippen molar-refractivity contribution < 1.29 is 14.9 Å². The second-order valence-corrected chi connectivity index (χ2v) is 7.48. The maximum atomic E-state index is 12.0. The lowest BCUT2D eigenvalue weighted by molar-refractivity contribution is -0.431. The molecule has 4 N–H and O–H groups in total. The topological polar surface area (TPSA) is 95.7 Å². The molecule has 0 fully saturated rings. The molecule has 1 atom stereocenters. The Labute approximate surface area is 163 Å². The SMILES string of the molecule is [NH3+][C@@H](Cc1ccccc1)c1nnc(SCC(=O)Nc2ccc(Br)cc2)o1. The third kappa shape index (κ3) is 5.42. The number of benzene rings is 2. The number of hydrogen-bond acceptors (Lipinski definition) is 5. The maximum absolute atomic E-state index is 12.0. The highest BCUT2D eigenvalue weighted by atomic mass is 79.9. The number of hydrogen-bond donors (Lipinski definition) is 2. The molecule has 0 bridgehead atoms. The average molecular weight is 434 g/mol. The maximum Gasteiger partial charge on any atom is 0.277 e. The van der Waals surface area contributed by atoms with Crippen molar-refractivity contribution >= 4 is 39.3 Å². The average Bonchev–Trinajstić information content (AvgIpc) is 3.12. The van der Waals surface area contributed by atoms with Gasteiger partial charge in [0.25, 0.3) is 11.1 Å². The molecule has 0 spiro atoms. The first-order valence-corrected chi connectivity index (χ1v) is 9.76. The molecule has 8 heteroatoms. The van der Waals surface area contributed by atoms with E-state index in [2.05, 4.69) is 37.2 Å². The van der Waals surface area contributed by atoms with Crippen molar-refractivity contribution in [3.63, 3.8) is 0 Å². The van der Waals surface area contributed by atoms with E-state index < -0.39 is 0 Å². The number of nitrogens with one attached hydrogen (secondary N) is 1. The summed E-state index contributed by atoms with van der Waals surface area (Å²) in [6, 6.07) is 17.3. The van der Waals surface area contributed by atoms with E-state index in [9.17, 15) is 4.79 Å². The molecule has 0 aliphatic rings. The molecule has 0 saturated heterocycles. The Hall–Kier alpha value is -2.16. The van der Waals surface area contributed by atoms with Crippen LogP contribution in [-0.2, 0) is 11.2 Å². The Balaban J connectivity index is 1.50. The lowest BCUT2D eigenvalue weighted by atomic mass is 10.1. The standard InChI is InChI=1S/C18H17BrN4O2S/c19-13-6-8-14(9-7-13)21-16(24)11-26-18-23-22-17(25-18)15(20)10-12-4-2-1-3-5-12/h1-9,15H,10-11,20H2,(H,21,24)/p+1/t15-/m0/s1. The van der Waals surface area contributed by atoms with Gasteiger partial charge in [-0.1, -0.05) is 58.0 Å². The molecule has 1 aromatic heterocycles. The third-order valence-electron chi connectivity index (χ3n) is 3.55. The number of anilines is 1. The Kier molecular flexibility index (Phi) is 6.43. The molecule has 134 valence electrons. The van der Waals surface area contributed by atoms with Crippen LogP contribution in [0.4, 0.5) is 5.69 Å². The van der Waals surface area contributed by atoms with E-state index in [-0.39, 0.29) is 17.7 Å². The second kappa shape index (κ2) is 8.98. The van der Waals surface area contributed by atoms with Crippen LogP contribution in [-0.4, -0.2) is 21.9 Å². The molecule has 3 aromatic rings. The molecule has 0 aliphatic heterocycles. The molecule has 0 saturated carbocycles. The van der Waals surface area contributed by atoms with Crippen LogP contribution in [0.1, 0.15) is 17.5 Å². The van der Waals surface area contributed by atoms with Crippen LogP contribution in [0, 0.1) is 0 Å². The largest absolute Gasteiger partial charge is 0.410 e. The number of carbonyl (C=O) groups is 1. The summed E-state index contributed by atoms with van der Waals surface area (Å²) in [5.41, 5.74) is 5.99. The Morgan fingerprint density at radius 3 is 2.62 bits per heavy atom. The van der Waals surface area contributed by atoms with E-state index in [4.69, 9.17) is 4.42 Å². The molecule has 0 radical (unpaired) electrons. The van der Waals surface area contributed by atoms with Crippen molar-refractivity contribution in [2.24, 2.45) is 0 Å². The second-order valence-electron chi connectivity index (χ2n) is 5.64. The van der Waals surface area contributed by atoms with E-state index in [1.807, 2.05) is 54.6 Å². The number of halogens is 1. The number of nitrogens with zero attached hydrogens (tertiary/aromatic N) is 2. The van der Waals surface area contributed by atoms with Gasteiger partial charge in [-0.15, -0.1) is 10.2 Å². The smallest absolute Gasteiger partial charge is 0.277 e. The number of quaternary nitrogens is 1. The van der Waals surface area contributed by atoms with Gasteiger partial charge in [-0.05, 0) is 29.8 Å². The highest BCUT2D eigenvalue weighted by molar-refractivity contribution is 9.10. The molecule has 0 aliphatic carbocycles. The highest BCUT2D eigenvalue weighted by Crippen LogP contribution is 2.21. The predicted octanol–water partition coefficient (Wildman–Crippen LogP) is 3.09. The lowest BCUT2D eigenvalue weighted by Crippen LogP contribution is -2.54. The van der Waals surface area contributed by atoms with E-state index in [0.29, 0.717) is 11.1 Å². The summed E-state index contributed by atoms with van der Waals surface area (Å²) >= 11 is 4.56. The van der Waals surface area contributed by atoms with Gasteiger partial charge >= 0.3 is 0 Å². The van der Waals surface area contributed by atoms with Gasteiger partial charge in [-0.3, -0.25) is 4.79 Å². The van der Waals surface area contributed by atoms with Gasteiger partial charge in [-0.25, -0.2) is 0 Å². The van der Waals surface area contributed by atoms with Gasteiger partial charge in [0.15, 0.2) is 6.04 Å². The molecule has 1 amide bonds.